The molecule has 0 atom stereocenters. The van der Waals surface area contributed by atoms with Gasteiger partial charge in [0.05, 0.1) is 6.61 Å². The number of alkyl halides is 3. The highest BCUT2D eigenvalue weighted by Crippen LogP contribution is 2.16. The average Bonchev–Trinajstić information content (AvgIpc) is 2.41. The molecule has 22 heavy (non-hydrogen) atoms. The molecule has 0 fully saturated rings. The Morgan fingerprint density at radius 1 is 1.41 bits per heavy atom. The lowest BCUT2D eigenvalue weighted by atomic mass is 10.3. The summed E-state index contributed by atoms with van der Waals surface area (Å²) in [7, 11) is 0. The van der Waals surface area contributed by atoms with Crippen LogP contribution in [0.4, 0.5) is 23.7 Å². The van der Waals surface area contributed by atoms with Gasteiger partial charge in [-0.3, -0.25) is 4.79 Å². The summed E-state index contributed by atoms with van der Waals surface area (Å²) in [5.74, 6) is 0. The molecule has 9 heteroatoms. The first-order valence-corrected chi connectivity index (χ1v) is 6.71. The average molecular weight is 321 g/mol. The zero-order chi connectivity index (χ0) is 16.8. The number of carbonyl (C=O) groups excluding carboxylic acids is 1. The van der Waals surface area contributed by atoms with Crippen molar-refractivity contribution < 1.29 is 23.1 Å². The molecule has 0 saturated carbocycles. The molecule has 0 spiro atoms. The lowest BCUT2D eigenvalue weighted by Gasteiger charge is -2.21. The van der Waals surface area contributed by atoms with Gasteiger partial charge in [0, 0.05) is 19.3 Å². The molecule has 0 aromatic carbocycles. The van der Waals surface area contributed by atoms with Crippen molar-refractivity contribution >= 4 is 11.7 Å². The molecule has 0 aliphatic rings. The van der Waals surface area contributed by atoms with Crippen molar-refractivity contribution in [2.24, 2.45) is 0 Å². The summed E-state index contributed by atoms with van der Waals surface area (Å²) >= 11 is 0. The number of aromatic nitrogens is 1. The molecule has 0 bridgehead atoms. The maximum atomic E-state index is 12.4. The van der Waals surface area contributed by atoms with Crippen molar-refractivity contribution in [1.82, 2.24) is 9.47 Å². The minimum atomic E-state index is -4.53. The summed E-state index contributed by atoms with van der Waals surface area (Å²) in [6, 6.07) is 1.84. The van der Waals surface area contributed by atoms with Crippen LogP contribution in [0.3, 0.4) is 0 Å². The predicted molar refractivity (Wildman–Crippen MR) is 74.7 cm³/mol. The Morgan fingerprint density at radius 2 is 2.09 bits per heavy atom. The molecular formula is C13H18F3N3O3. The van der Waals surface area contributed by atoms with E-state index < -0.39 is 24.3 Å². The highest BCUT2D eigenvalue weighted by atomic mass is 19.4. The fourth-order valence-corrected chi connectivity index (χ4v) is 1.85. The third kappa shape index (κ3) is 5.40. The Morgan fingerprint density at radius 3 is 2.64 bits per heavy atom. The number of halogens is 3. The van der Waals surface area contributed by atoms with Gasteiger partial charge in [0.1, 0.15) is 12.2 Å². The molecule has 0 aliphatic carbocycles. The SMILES string of the molecule is CCCN(CCO)C(=O)Nc1cccn(CC(F)(F)F)c1=O. The highest BCUT2D eigenvalue weighted by molar-refractivity contribution is 5.89. The van der Waals surface area contributed by atoms with E-state index in [1.165, 1.54) is 17.0 Å². The normalized spacial score (nSPS) is 11.3. The van der Waals surface area contributed by atoms with E-state index in [0.29, 0.717) is 17.5 Å². The zero-order valence-electron chi connectivity index (χ0n) is 12.1. The molecule has 6 nitrogen and oxygen atoms in total. The zero-order valence-corrected chi connectivity index (χ0v) is 12.1. The summed E-state index contributed by atoms with van der Waals surface area (Å²) in [6.45, 7) is 0.584. The van der Waals surface area contributed by atoms with Crippen LogP contribution in [0.5, 0.6) is 0 Å². The van der Waals surface area contributed by atoms with E-state index in [-0.39, 0.29) is 18.8 Å². The second kappa shape index (κ2) is 7.83. The third-order valence-electron chi connectivity index (χ3n) is 2.76. The molecule has 1 aromatic heterocycles. The van der Waals surface area contributed by atoms with Gasteiger partial charge in [-0.1, -0.05) is 6.92 Å². The van der Waals surface area contributed by atoms with E-state index in [1.807, 2.05) is 6.92 Å². The Hall–Kier alpha value is -2.03. The topological polar surface area (TPSA) is 74.6 Å². The number of carbonyl (C=O) groups is 1. The maximum absolute atomic E-state index is 12.4. The molecule has 0 radical (unpaired) electrons. The molecule has 0 aliphatic heterocycles. The smallest absolute Gasteiger partial charge is 0.395 e. The van der Waals surface area contributed by atoms with Crippen LogP contribution in [0.15, 0.2) is 23.1 Å². The Bertz CT molecular complexity index is 551. The van der Waals surface area contributed by atoms with Gasteiger partial charge in [-0.2, -0.15) is 13.2 Å². The summed E-state index contributed by atoms with van der Waals surface area (Å²) in [4.78, 5) is 25.2. The number of amides is 2. The van der Waals surface area contributed by atoms with Crippen molar-refractivity contribution in [2.45, 2.75) is 26.1 Å². The molecule has 1 aromatic rings. The highest BCUT2D eigenvalue weighted by Gasteiger charge is 2.28. The molecule has 2 N–H and O–H groups in total. The van der Waals surface area contributed by atoms with Crippen LogP contribution in [0.2, 0.25) is 0 Å². The Kier molecular flexibility index (Phi) is 6.41. The first-order chi connectivity index (χ1) is 10.3. The maximum Gasteiger partial charge on any atom is 0.406 e. The van der Waals surface area contributed by atoms with E-state index >= 15 is 0 Å². The monoisotopic (exact) mass is 321 g/mol. The van der Waals surface area contributed by atoms with Crippen LogP contribution in [0.25, 0.3) is 0 Å². The van der Waals surface area contributed by atoms with Gasteiger partial charge in [0.25, 0.3) is 5.56 Å². The van der Waals surface area contributed by atoms with E-state index in [4.69, 9.17) is 5.11 Å². The number of rotatable bonds is 6. The fourth-order valence-electron chi connectivity index (χ4n) is 1.85. The number of urea groups is 1. The first-order valence-electron chi connectivity index (χ1n) is 6.71. The minimum absolute atomic E-state index is 0.0727. The second-order valence-corrected chi connectivity index (χ2v) is 4.61. The number of pyridine rings is 1. The van der Waals surface area contributed by atoms with Crippen molar-refractivity contribution in [2.75, 3.05) is 25.0 Å². The van der Waals surface area contributed by atoms with Crippen molar-refractivity contribution in [3.63, 3.8) is 0 Å². The van der Waals surface area contributed by atoms with Crippen LogP contribution in [-0.4, -0.2) is 46.5 Å². The summed E-state index contributed by atoms with van der Waals surface area (Å²) in [6.07, 6.45) is -2.89. The van der Waals surface area contributed by atoms with E-state index in [0.717, 1.165) is 6.20 Å². The molecule has 124 valence electrons. The Labute approximate surface area is 125 Å². The molecule has 2 amide bonds. The number of nitrogens with one attached hydrogen (secondary N) is 1. The van der Waals surface area contributed by atoms with Crippen LogP contribution in [0.1, 0.15) is 13.3 Å². The van der Waals surface area contributed by atoms with Crippen molar-refractivity contribution in [3.8, 4) is 0 Å². The van der Waals surface area contributed by atoms with Gasteiger partial charge in [0.2, 0.25) is 0 Å². The Balaban J connectivity index is 2.91. The van der Waals surface area contributed by atoms with Gasteiger partial charge in [-0.15, -0.1) is 0 Å². The fraction of sp³-hybridized carbons (Fsp3) is 0.538. The summed E-state index contributed by atoms with van der Waals surface area (Å²) in [5, 5.41) is 11.2. The molecule has 0 saturated heterocycles. The van der Waals surface area contributed by atoms with Crippen LogP contribution in [0, 0.1) is 0 Å². The molecule has 1 rings (SSSR count). The second-order valence-electron chi connectivity index (χ2n) is 4.61. The molecule has 0 unspecified atom stereocenters. The van der Waals surface area contributed by atoms with Crippen molar-refractivity contribution in [3.05, 3.63) is 28.7 Å². The van der Waals surface area contributed by atoms with Gasteiger partial charge in [-0.05, 0) is 18.6 Å². The third-order valence-corrected chi connectivity index (χ3v) is 2.76. The number of aliphatic hydroxyl groups is 1. The van der Waals surface area contributed by atoms with Crippen LogP contribution >= 0.6 is 0 Å². The van der Waals surface area contributed by atoms with Crippen LogP contribution < -0.4 is 10.9 Å². The number of anilines is 1. The van der Waals surface area contributed by atoms with Crippen LogP contribution in [-0.2, 0) is 6.54 Å². The van der Waals surface area contributed by atoms with E-state index in [1.54, 1.807) is 0 Å². The van der Waals surface area contributed by atoms with E-state index in [9.17, 15) is 22.8 Å². The lowest BCUT2D eigenvalue weighted by Crippen LogP contribution is -2.39. The van der Waals surface area contributed by atoms with Gasteiger partial charge in [-0.25, -0.2) is 4.79 Å². The van der Waals surface area contributed by atoms with Gasteiger partial charge in [0.15, 0.2) is 0 Å². The minimum Gasteiger partial charge on any atom is -0.395 e. The quantitative estimate of drug-likeness (QED) is 0.836. The number of hydrogen-bond acceptors (Lipinski definition) is 3. The standard InChI is InChI=1S/C13H18F3N3O3/c1-2-5-18(7-8-20)12(22)17-10-4-3-6-19(11(10)21)9-13(14,15)16/h3-4,6,20H,2,5,7-9H2,1H3,(H,17,22). The first kappa shape index (κ1) is 18.0. The van der Waals surface area contributed by atoms with Crippen molar-refractivity contribution in [1.29, 1.82) is 0 Å². The predicted octanol–water partition coefficient (Wildman–Crippen LogP) is 1.65. The van der Waals surface area contributed by atoms with E-state index in [2.05, 4.69) is 5.32 Å². The number of nitrogens with zero attached hydrogens (tertiary/aromatic N) is 2. The molecule has 1 heterocycles. The van der Waals surface area contributed by atoms with Gasteiger partial charge >= 0.3 is 12.2 Å². The number of aliphatic hydroxyl groups excluding tert-OH is 1. The summed E-state index contributed by atoms with van der Waals surface area (Å²) < 4.78 is 37.6. The largest absolute Gasteiger partial charge is 0.406 e. The lowest BCUT2D eigenvalue weighted by molar-refractivity contribution is -0.141. The summed E-state index contributed by atoms with van der Waals surface area (Å²) in [5.41, 5.74) is -1.18. The van der Waals surface area contributed by atoms with Gasteiger partial charge < -0.3 is 19.9 Å². The molecular weight excluding hydrogens is 303 g/mol. The number of hydrogen-bond donors (Lipinski definition) is 2.